The van der Waals surface area contributed by atoms with Crippen molar-refractivity contribution in [3.05, 3.63) is 35.2 Å². The largest absolute Gasteiger partial charge is 0.469 e. The molecule has 2 heterocycles. The summed E-state index contributed by atoms with van der Waals surface area (Å²) in [5.74, 6) is 2.90. The molecule has 3 aliphatic carbocycles. The Balaban J connectivity index is 1.26. The molecule has 0 aromatic rings. The van der Waals surface area contributed by atoms with E-state index in [1.165, 1.54) is 0 Å². The Morgan fingerprint density at radius 3 is 1.73 bits per heavy atom. The summed E-state index contributed by atoms with van der Waals surface area (Å²) < 4.78 is 12.8. The summed E-state index contributed by atoms with van der Waals surface area (Å²) in [5.41, 5.74) is 0. The third kappa shape index (κ3) is 7.20. The molecule has 5 aliphatic rings. The minimum Gasteiger partial charge on any atom is -0.469 e. The molecule has 232 valence electrons. The van der Waals surface area contributed by atoms with Gasteiger partial charge in [-0.3, -0.25) is 0 Å². The second-order valence-electron chi connectivity index (χ2n) is 13.1. The van der Waals surface area contributed by atoms with Gasteiger partial charge in [0.1, 0.15) is 11.5 Å². The van der Waals surface area contributed by atoms with Gasteiger partial charge >= 0.3 is 0 Å². The lowest BCUT2D eigenvalue weighted by Crippen LogP contribution is -2.36. The van der Waals surface area contributed by atoms with Crippen molar-refractivity contribution in [3.8, 4) is 0 Å². The van der Waals surface area contributed by atoms with Gasteiger partial charge in [0, 0.05) is 28.3 Å². The van der Waals surface area contributed by atoms with Crippen LogP contribution in [0.1, 0.15) is 91.4 Å². The Labute approximate surface area is 255 Å². The minimum absolute atomic E-state index is 0.0479. The SMILES string of the molecule is CCC(O)C1CCC(C(O)OC2=CC=C(OC(O)C3CCC(C(O)CC)CC3)C3C2SC(C2CC=CS2)[C@H]3C)CC1. The molecule has 8 unspecified atom stereocenters. The zero-order valence-electron chi connectivity index (χ0n) is 25.0. The minimum atomic E-state index is -0.853. The average Bonchev–Trinajstić information content (AvgIpc) is 3.66. The van der Waals surface area contributed by atoms with E-state index in [4.69, 9.17) is 9.47 Å². The van der Waals surface area contributed by atoms with Crippen LogP contribution in [-0.2, 0) is 9.47 Å². The van der Waals surface area contributed by atoms with E-state index in [9.17, 15) is 20.4 Å². The van der Waals surface area contributed by atoms with Crippen LogP contribution in [0.5, 0.6) is 0 Å². The van der Waals surface area contributed by atoms with Crippen molar-refractivity contribution < 1.29 is 29.9 Å². The highest BCUT2D eigenvalue weighted by Crippen LogP contribution is 2.55. The summed E-state index contributed by atoms with van der Waals surface area (Å²) >= 11 is 3.86. The lowest BCUT2D eigenvalue weighted by Gasteiger charge is -2.37. The van der Waals surface area contributed by atoms with Gasteiger partial charge in [-0.25, -0.2) is 0 Å². The molecular formula is C33H52O6S2. The fraction of sp³-hybridized carbons (Fsp3) is 0.818. The first-order valence-electron chi connectivity index (χ1n) is 16.2. The van der Waals surface area contributed by atoms with Gasteiger partial charge in [0.15, 0.2) is 12.6 Å². The summed E-state index contributed by atoms with van der Waals surface area (Å²) in [6.07, 6.45) is 13.8. The third-order valence-corrected chi connectivity index (χ3v) is 13.9. The average molecular weight is 609 g/mol. The first-order valence-corrected chi connectivity index (χ1v) is 18.1. The zero-order valence-corrected chi connectivity index (χ0v) is 26.6. The first-order chi connectivity index (χ1) is 19.8. The Hall–Kier alpha value is -0.640. The molecule has 8 heteroatoms. The molecule has 2 saturated carbocycles. The van der Waals surface area contributed by atoms with Gasteiger partial charge in [0.25, 0.3) is 0 Å². The van der Waals surface area contributed by atoms with Crippen molar-refractivity contribution >= 4 is 23.5 Å². The number of aliphatic hydroxyl groups is 4. The number of hydrogen-bond acceptors (Lipinski definition) is 8. The van der Waals surface area contributed by atoms with E-state index < -0.39 is 12.6 Å². The predicted molar refractivity (Wildman–Crippen MR) is 167 cm³/mol. The van der Waals surface area contributed by atoms with Crippen molar-refractivity contribution in [3.63, 3.8) is 0 Å². The quantitative estimate of drug-likeness (QED) is 0.202. The predicted octanol–water partition coefficient (Wildman–Crippen LogP) is 6.35. The van der Waals surface area contributed by atoms with Gasteiger partial charge in [-0.05, 0) is 106 Å². The highest BCUT2D eigenvalue weighted by molar-refractivity contribution is 8.06. The second-order valence-corrected chi connectivity index (χ2v) is 15.6. The lowest BCUT2D eigenvalue weighted by molar-refractivity contribution is -0.132. The number of thioether (sulfide) groups is 2. The summed E-state index contributed by atoms with van der Waals surface area (Å²) in [5, 5.41) is 46.1. The van der Waals surface area contributed by atoms with Crippen molar-refractivity contribution in [1.82, 2.24) is 0 Å². The van der Waals surface area contributed by atoms with Crippen molar-refractivity contribution in [1.29, 1.82) is 0 Å². The standard InChI is InChI=1S/C33H52O6S2/c1-4-24(34)20-8-12-22(13-9-20)32(36)38-26-16-17-27(31-29(26)19(3)30(41-31)28-7-6-18-40-28)39-33(37)23-14-10-21(11-15-23)25(35)5-2/h6,16-25,28-37H,4-5,7-15H2,1-3H3/t19-,20?,21?,22?,23?,24?,25?,28?,29?,30?,31?,32?,33?/m0/s1. The summed E-state index contributed by atoms with van der Waals surface area (Å²) in [7, 11) is 0. The summed E-state index contributed by atoms with van der Waals surface area (Å²) in [6.45, 7) is 6.37. The Bertz CT molecular complexity index is 930. The van der Waals surface area contributed by atoms with Crippen LogP contribution in [0.4, 0.5) is 0 Å². The molecule has 0 spiro atoms. The normalized spacial score (nSPS) is 40.2. The van der Waals surface area contributed by atoms with Crippen LogP contribution in [0.25, 0.3) is 0 Å². The Morgan fingerprint density at radius 1 is 0.756 bits per heavy atom. The van der Waals surface area contributed by atoms with E-state index in [1.54, 1.807) is 0 Å². The number of hydrogen-bond donors (Lipinski definition) is 4. The van der Waals surface area contributed by atoms with E-state index in [2.05, 4.69) is 18.4 Å². The highest BCUT2D eigenvalue weighted by Gasteiger charge is 2.51. The maximum Gasteiger partial charge on any atom is 0.199 e. The topological polar surface area (TPSA) is 99.4 Å². The molecule has 3 fully saturated rings. The molecule has 41 heavy (non-hydrogen) atoms. The molecule has 9 atom stereocenters. The van der Waals surface area contributed by atoms with Gasteiger partial charge in [-0.15, -0.1) is 23.5 Å². The fourth-order valence-corrected chi connectivity index (χ4v) is 11.2. The van der Waals surface area contributed by atoms with E-state index in [0.717, 1.165) is 82.1 Å². The molecule has 0 aromatic heterocycles. The van der Waals surface area contributed by atoms with Crippen LogP contribution in [0.15, 0.2) is 35.2 Å². The van der Waals surface area contributed by atoms with Gasteiger partial charge in [0.05, 0.1) is 17.5 Å². The second kappa shape index (κ2) is 14.4. The summed E-state index contributed by atoms with van der Waals surface area (Å²) in [6, 6.07) is 0. The highest BCUT2D eigenvalue weighted by atomic mass is 32.2. The van der Waals surface area contributed by atoms with E-state index in [1.807, 2.05) is 49.5 Å². The van der Waals surface area contributed by atoms with Gasteiger partial charge in [0.2, 0.25) is 0 Å². The Morgan fingerprint density at radius 2 is 1.24 bits per heavy atom. The van der Waals surface area contributed by atoms with E-state index in [0.29, 0.717) is 28.3 Å². The molecule has 4 N–H and O–H groups in total. The maximum absolute atomic E-state index is 11.2. The molecular weight excluding hydrogens is 556 g/mol. The van der Waals surface area contributed by atoms with Crippen LogP contribution in [0.3, 0.4) is 0 Å². The molecule has 5 rings (SSSR count). The lowest BCUT2D eigenvalue weighted by atomic mass is 9.78. The maximum atomic E-state index is 11.2. The molecule has 2 aliphatic heterocycles. The van der Waals surface area contributed by atoms with Crippen molar-refractivity contribution in [2.75, 3.05) is 0 Å². The molecule has 0 bridgehead atoms. The molecule has 0 aromatic carbocycles. The molecule has 0 radical (unpaired) electrons. The number of fused-ring (bicyclic) bond motifs is 1. The zero-order chi connectivity index (χ0) is 29.1. The van der Waals surface area contributed by atoms with Gasteiger partial charge < -0.3 is 29.9 Å². The smallest absolute Gasteiger partial charge is 0.199 e. The first kappa shape index (κ1) is 31.8. The van der Waals surface area contributed by atoms with Gasteiger partial charge in [-0.2, -0.15) is 0 Å². The van der Waals surface area contributed by atoms with Crippen LogP contribution in [-0.4, -0.2) is 61.0 Å². The van der Waals surface area contributed by atoms with Crippen LogP contribution in [0, 0.1) is 35.5 Å². The number of allylic oxidation sites excluding steroid dienone is 4. The van der Waals surface area contributed by atoms with Crippen molar-refractivity contribution in [2.45, 2.75) is 132 Å². The van der Waals surface area contributed by atoms with Crippen molar-refractivity contribution in [2.24, 2.45) is 35.5 Å². The monoisotopic (exact) mass is 608 g/mol. The summed E-state index contributed by atoms with van der Waals surface area (Å²) in [4.78, 5) is 0. The molecule has 6 nitrogen and oxygen atoms in total. The fourth-order valence-electron chi connectivity index (χ4n) is 7.91. The Kier molecular flexibility index (Phi) is 11.2. The van der Waals surface area contributed by atoms with Gasteiger partial charge in [-0.1, -0.05) is 26.8 Å². The third-order valence-electron chi connectivity index (χ3n) is 10.7. The number of rotatable bonds is 11. The molecule has 0 amide bonds. The van der Waals surface area contributed by atoms with E-state index >= 15 is 0 Å². The van der Waals surface area contributed by atoms with Crippen LogP contribution < -0.4 is 0 Å². The number of ether oxygens (including phenoxy) is 2. The molecule has 1 saturated heterocycles. The van der Waals surface area contributed by atoms with Crippen LogP contribution >= 0.6 is 23.5 Å². The number of aliphatic hydroxyl groups excluding tert-OH is 4. The van der Waals surface area contributed by atoms with Crippen LogP contribution in [0.2, 0.25) is 0 Å². The van der Waals surface area contributed by atoms with E-state index in [-0.39, 0.29) is 35.2 Å².